The largest absolute Gasteiger partial charge is 0.388 e. The van der Waals surface area contributed by atoms with Crippen LogP contribution in [0.5, 0.6) is 0 Å². The number of benzene rings is 2. The second-order valence-corrected chi connectivity index (χ2v) is 9.08. The number of rotatable bonds is 4. The first-order chi connectivity index (χ1) is 11.9. The van der Waals surface area contributed by atoms with Crippen LogP contribution in [0.3, 0.4) is 0 Å². The Bertz CT molecular complexity index is 707. The van der Waals surface area contributed by atoms with Crippen molar-refractivity contribution in [3.8, 4) is 11.1 Å². The van der Waals surface area contributed by atoms with Crippen molar-refractivity contribution in [1.82, 2.24) is 5.32 Å². The maximum Gasteiger partial charge on any atom is 0.107 e. The number of hydrogen-bond acceptors (Lipinski definition) is 3. The minimum Gasteiger partial charge on any atom is -0.388 e. The summed E-state index contributed by atoms with van der Waals surface area (Å²) in [7, 11) is 0. The zero-order valence-electron chi connectivity index (χ0n) is 14.4. The molecular weight excluding hydrogens is 449 g/mol. The minimum absolute atomic E-state index is 0.134. The highest BCUT2D eigenvalue weighted by molar-refractivity contribution is 14.1. The normalized spacial score (nSPS) is 29.6. The molecule has 1 aliphatic rings. The van der Waals surface area contributed by atoms with Gasteiger partial charge < -0.3 is 9.84 Å². The number of aliphatic hydroxyl groups is 1. The van der Waals surface area contributed by atoms with Crippen molar-refractivity contribution in [2.24, 2.45) is 0 Å². The van der Waals surface area contributed by atoms with E-state index in [-0.39, 0.29) is 15.8 Å². The van der Waals surface area contributed by atoms with Crippen molar-refractivity contribution in [3.05, 3.63) is 59.1 Å². The maximum absolute atomic E-state index is 10.5. The summed E-state index contributed by atoms with van der Waals surface area (Å²) in [4.78, 5) is 0. The van der Waals surface area contributed by atoms with Crippen LogP contribution in [0.1, 0.15) is 25.8 Å². The van der Waals surface area contributed by atoms with E-state index in [9.17, 15) is 5.11 Å². The van der Waals surface area contributed by atoms with Gasteiger partial charge in [-0.05, 0) is 42.7 Å². The Hall–Kier alpha value is -0.660. The Morgan fingerprint density at radius 2 is 1.68 bits per heavy atom. The van der Waals surface area contributed by atoms with Gasteiger partial charge in [-0.1, -0.05) is 70.6 Å². The summed E-state index contributed by atoms with van der Waals surface area (Å²) in [6, 6.07) is 16.3. The van der Waals surface area contributed by atoms with Crippen molar-refractivity contribution >= 4 is 34.2 Å². The standard InChI is InChI=1S/C20H23ClINO2/c1-13-11-20(22,19(24)14(2)25-13)23-12-15-3-5-16(6-4-15)17-7-9-18(21)10-8-17/h3-10,13-14,19,23-24H,11-12H2,1-2H3/t13-,14-,19-,20?/m0/s1. The molecular formula is C20H23ClINO2. The van der Waals surface area contributed by atoms with E-state index < -0.39 is 6.10 Å². The molecule has 2 N–H and O–H groups in total. The summed E-state index contributed by atoms with van der Waals surface area (Å²) in [5.74, 6) is 0. The molecule has 2 aromatic carbocycles. The number of aliphatic hydroxyl groups excluding tert-OH is 1. The summed E-state index contributed by atoms with van der Waals surface area (Å²) in [5, 5.41) is 14.8. The van der Waals surface area contributed by atoms with Crippen molar-refractivity contribution in [1.29, 1.82) is 0 Å². The predicted molar refractivity (Wildman–Crippen MR) is 111 cm³/mol. The first-order valence-electron chi connectivity index (χ1n) is 8.50. The highest BCUT2D eigenvalue weighted by Gasteiger charge is 2.44. The van der Waals surface area contributed by atoms with Crippen LogP contribution in [-0.4, -0.2) is 27.0 Å². The smallest absolute Gasteiger partial charge is 0.107 e. The van der Waals surface area contributed by atoms with Crippen LogP contribution >= 0.6 is 34.2 Å². The van der Waals surface area contributed by atoms with E-state index in [0.29, 0.717) is 6.54 Å². The van der Waals surface area contributed by atoms with Gasteiger partial charge in [-0.15, -0.1) is 0 Å². The molecule has 5 heteroatoms. The molecule has 1 fully saturated rings. The molecule has 0 aliphatic carbocycles. The third kappa shape index (κ3) is 4.55. The van der Waals surface area contributed by atoms with Crippen molar-refractivity contribution in [2.75, 3.05) is 0 Å². The molecule has 0 radical (unpaired) electrons. The monoisotopic (exact) mass is 471 g/mol. The van der Waals surface area contributed by atoms with Crippen LogP contribution in [0.2, 0.25) is 5.02 Å². The molecule has 134 valence electrons. The summed E-state index contributed by atoms with van der Waals surface area (Å²) < 4.78 is 5.34. The Kier molecular flexibility index (Phi) is 6.06. The molecule has 25 heavy (non-hydrogen) atoms. The third-order valence-electron chi connectivity index (χ3n) is 4.66. The fourth-order valence-corrected chi connectivity index (χ4v) is 4.73. The van der Waals surface area contributed by atoms with E-state index in [1.165, 1.54) is 5.56 Å². The zero-order chi connectivity index (χ0) is 18.0. The summed E-state index contributed by atoms with van der Waals surface area (Å²) in [6.45, 7) is 4.69. The summed E-state index contributed by atoms with van der Waals surface area (Å²) >= 11 is 8.29. The van der Waals surface area contributed by atoms with Gasteiger partial charge in [0.2, 0.25) is 0 Å². The Balaban J connectivity index is 1.66. The van der Waals surface area contributed by atoms with Gasteiger partial charge in [-0.3, -0.25) is 5.32 Å². The van der Waals surface area contributed by atoms with Crippen LogP contribution in [0.15, 0.2) is 48.5 Å². The number of ether oxygens (including phenoxy) is 1. The molecule has 4 atom stereocenters. The lowest BCUT2D eigenvalue weighted by Crippen LogP contribution is -2.59. The van der Waals surface area contributed by atoms with Crippen molar-refractivity contribution in [2.45, 2.75) is 48.7 Å². The van der Waals surface area contributed by atoms with Crippen LogP contribution in [0.4, 0.5) is 0 Å². The predicted octanol–water partition coefficient (Wildman–Crippen LogP) is 4.79. The summed E-state index contributed by atoms with van der Waals surface area (Å²) in [5.41, 5.74) is 3.50. The third-order valence-corrected chi connectivity index (χ3v) is 6.37. The highest BCUT2D eigenvalue weighted by atomic mass is 127. The second kappa shape index (κ2) is 7.92. The van der Waals surface area contributed by atoms with Crippen molar-refractivity contribution in [3.63, 3.8) is 0 Å². The zero-order valence-corrected chi connectivity index (χ0v) is 17.3. The molecule has 0 bridgehead atoms. The molecule has 1 aliphatic heterocycles. The number of halogens is 2. The molecule has 1 saturated heterocycles. The molecule has 0 aromatic heterocycles. The van der Waals surface area contributed by atoms with E-state index in [1.807, 2.05) is 31.2 Å². The van der Waals surface area contributed by atoms with Gasteiger partial charge in [-0.2, -0.15) is 0 Å². The lowest BCUT2D eigenvalue weighted by atomic mass is 9.96. The van der Waals surface area contributed by atoms with Gasteiger partial charge in [0.1, 0.15) is 9.65 Å². The molecule has 2 aromatic rings. The Morgan fingerprint density at radius 3 is 2.28 bits per heavy atom. The van der Waals surface area contributed by atoms with E-state index in [0.717, 1.165) is 22.6 Å². The minimum atomic E-state index is -0.530. The lowest BCUT2D eigenvalue weighted by Gasteiger charge is -2.44. The lowest BCUT2D eigenvalue weighted by molar-refractivity contribution is -0.121. The molecule has 3 nitrogen and oxygen atoms in total. The number of alkyl halides is 1. The number of hydrogen-bond donors (Lipinski definition) is 2. The van der Waals surface area contributed by atoms with E-state index in [4.69, 9.17) is 16.3 Å². The fourth-order valence-electron chi connectivity index (χ4n) is 3.28. The van der Waals surface area contributed by atoms with Gasteiger partial charge in [-0.25, -0.2) is 0 Å². The van der Waals surface area contributed by atoms with Gasteiger partial charge in [0.15, 0.2) is 0 Å². The first-order valence-corrected chi connectivity index (χ1v) is 9.95. The van der Waals surface area contributed by atoms with Gasteiger partial charge >= 0.3 is 0 Å². The van der Waals surface area contributed by atoms with E-state index in [1.54, 1.807) is 0 Å². The van der Waals surface area contributed by atoms with Gasteiger partial charge in [0.05, 0.1) is 12.2 Å². The van der Waals surface area contributed by atoms with E-state index >= 15 is 0 Å². The molecule has 0 spiro atoms. The molecule has 0 amide bonds. The van der Waals surface area contributed by atoms with Gasteiger partial charge in [0, 0.05) is 18.0 Å². The number of nitrogens with one attached hydrogen (secondary N) is 1. The SMILES string of the molecule is C[C@@H]1O[C@@H](C)CC(I)(NCc2ccc(-c3ccc(Cl)cc3)cc2)[C@H]1O. The Labute approximate surface area is 167 Å². The average molecular weight is 472 g/mol. The summed E-state index contributed by atoms with van der Waals surface area (Å²) in [6.07, 6.45) is 0.218. The van der Waals surface area contributed by atoms with Crippen LogP contribution in [-0.2, 0) is 11.3 Å². The molecule has 3 rings (SSSR count). The Morgan fingerprint density at radius 1 is 1.12 bits per heavy atom. The van der Waals surface area contributed by atoms with Crippen molar-refractivity contribution < 1.29 is 9.84 Å². The fraction of sp³-hybridized carbons (Fsp3) is 0.400. The topological polar surface area (TPSA) is 41.5 Å². The maximum atomic E-state index is 10.5. The molecule has 1 unspecified atom stereocenters. The highest BCUT2D eigenvalue weighted by Crippen LogP contribution is 2.35. The molecule has 0 saturated carbocycles. The van der Waals surface area contributed by atoms with Crippen LogP contribution in [0.25, 0.3) is 11.1 Å². The van der Waals surface area contributed by atoms with Crippen LogP contribution < -0.4 is 5.32 Å². The quantitative estimate of drug-likeness (QED) is 0.383. The van der Waals surface area contributed by atoms with Crippen LogP contribution in [0, 0.1) is 0 Å². The molecule has 1 heterocycles. The van der Waals surface area contributed by atoms with E-state index in [2.05, 4.69) is 59.1 Å². The second-order valence-electron chi connectivity index (χ2n) is 6.72. The van der Waals surface area contributed by atoms with Gasteiger partial charge in [0.25, 0.3) is 0 Å². The first kappa shape index (κ1) is 19.1. The average Bonchev–Trinajstić information content (AvgIpc) is 2.59.